The van der Waals surface area contributed by atoms with E-state index in [1.165, 1.54) is 19.3 Å². The second-order valence-electron chi connectivity index (χ2n) is 8.81. The van der Waals surface area contributed by atoms with Crippen LogP contribution in [0.25, 0.3) is 0 Å². The number of likely N-dealkylation sites (tertiary alicyclic amines) is 1. The minimum absolute atomic E-state index is 0.121. The molecule has 2 saturated heterocycles. The van der Waals surface area contributed by atoms with E-state index in [2.05, 4.69) is 50.3 Å². The number of nitrogens with one attached hydrogen (secondary N) is 2. The van der Waals surface area contributed by atoms with Gasteiger partial charge < -0.3 is 15.5 Å². The normalized spacial score (nSPS) is 29.2. The third kappa shape index (κ3) is 5.24. The number of nitrogens with zero attached hydrogens (tertiary/aromatic N) is 1. The zero-order valence-electron chi connectivity index (χ0n) is 15.2. The molecular formula is C18H35N3O. The zero-order chi connectivity index (χ0) is 16.4. The van der Waals surface area contributed by atoms with Gasteiger partial charge in [0.05, 0.1) is 0 Å². The fourth-order valence-electron chi connectivity index (χ4n) is 4.65. The highest BCUT2D eigenvalue weighted by Gasteiger charge is 2.38. The second-order valence-corrected chi connectivity index (χ2v) is 8.81. The summed E-state index contributed by atoms with van der Waals surface area (Å²) in [6.45, 7) is 11.0. The van der Waals surface area contributed by atoms with E-state index in [9.17, 15) is 4.79 Å². The molecule has 4 heteroatoms. The van der Waals surface area contributed by atoms with Gasteiger partial charge in [-0.15, -0.1) is 0 Å². The molecule has 0 aromatic heterocycles. The number of piperidine rings is 2. The fraction of sp³-hybridized carbons (Fsp3) is 0.944. The molecule has 2 rings (SSSR count). The average Bonchev–Trinajstić information content (AvgIpc) is 2.33. The Kier molecular flexibility index (Phi) is 5.54. The summed E-state index contributed by atoms with van der Waals surface area (Å²) in [6, 6.07) is 0.526. The van der Waals surface area contributed by atoms with Crippen LogP contribution in [0.1, 0.15) is 66.2 Å². The molecule has 0 spiro atoms. The Morgan fingerprint density at radius 3 is 2.41 bits per heavy atom. The van der Waals surface area contributed by atoms with E-state index < -0.39 is 0 Å². The van der Waals surface area contributed by atoms with Gasteiger partial charge in [-0.2, -0.15) is 0 Å². The van der Waals surface area contributed by atoms with Crippen LogP contribution in [0.2, 0.25) is 0 Å². The predicted molar refractivity (Wildman–Crippen MR) is 91.9 cm³/mol. The van der Waals surface area contributed by atoms with Gasteiger partial charge in [-0.3, -0.25) is 4.79 Å². The van der Waals surface area contributed by atoms with Crippen LogP contribution >= 0.6 is 0 Å². The third-order valence-corrected chi connectivity index (χ3v) is 5.21. The Morgan fingerprint density at radius 2 is 1.82 bits per heavy atom. The molecule has 2 fully saturated rings. The van der Waals surface area contributed by atoms with Crippen molar-refractivity contribution in [1.29, 1.82) is 0 Å². The second kappa shape index (κ2) is 6.88. The van der Waals surface area contributed by atoms with Gasteiger partial charge in [0.1, 0.15) is 0 Å². The van der Waals surface area contributed by atoms with Gasteiger partial charge in [0, 0.05) is 30.1 Å². The summed E-state index contributed by atoms with van der Waals surface area (Å²) in [6.07, 6.45) is 6.62. The molecule has 2 heterocycles. The molecule has 0 bridgehead atoms. The molecule has 2 aliphatic heterocycles. The minimum atomic E-state index is 0.121. The lowest BCUT2D eigenvalue weighted by Crippen LogP contribution is -2.58. The lowest BCUT2D eigenvalue weighted by Gasteiger charge is -2.46. The molecule has 1 amide bonds. The van der Waals surface area contributed by atoms with Crippen LogP contribution in [0.15, 0.2) is 0 Å². The lowest BCUT2D eigenvalue weighted by molar-refractivity contribution is -0.122. The quantitative estimate of drug-likeness (QED) is 0.839. The predicted octanol–water partition coefficient (Wildman–Crippen LogP) is 2.53. The summed E-state index contributed by atoms with van der Waals surface area (Å²) >= 11 is 0. The summed E-state index contributed by atoms with van der Waals surface area (Å²) in [5.41, 5.74) is 0.243. The van der Waals surface area contributed by atoms with Gasteiger partial charge >= 0.3 is 0 Å². The van der Waals surface area contributed by atoms with Crippen molar-refractivity contribution in [1.82, 2.24) is 15.5 Å². The summed E-state index contributed by atoms with van der Waals surface area (Å²) in [7, 11) is 2.17. The Balaban J connectivity index is 1.79. The SMILES string of the molecule is CN1CCCCC1CNC(=O)CC1CC(C)(C)NC(C)(C)C1. The van der Waals surface area contributed by atoms with Crippen LogP contribution in [0, 0.1) is 5.92 Å². The highest BCUT2D eigenvalue weighted by Crippen LogP contribution is 2.34. The van der Waals surface area contributed by atoms with Gasteiger partial charge in [0.2, 0.25) is 5.91 Å². The number of rotatable bonds is 4. The van der Waals surface area contributed by atoms with Crippen molar-refractivity contribution in [2.45, 2.75) is 83.3 Å². The Hall–Kier alpha value is -0.610. The molecule has 1 atom stereocenters. The van der Waals surface area contributed by atoms with E-state index in [0.717, 1.165) is 25.9 Å². The van der Waals surface area contributed by atoms with E-state index in [1.54, 1.807) is 0 Å². The van der Waals surface area contributed by atoms with Crippen molar-refractivity contribution in [2.75, 3.05) is 20.1 Å². The molecule has 4 nitrogen and oxygen atoms in total. The lowest BCUT2D eigenvalue weighted by atomic mass is 9.74. The Morgan fingerprint density at radius 1 is 1.18 bits per heavy atom. The number of hydrogen-bond donors (Lipinski definition) is 2. The van der Waals surface area contributed by atoms with Gasteiger partial charge in [-0.25, -0.2) is 0 Å². The van der Waals surface area contributed by atoms with Crippen molar-refractivity contribution in [2.24, 2.45) is 5.92 Å². The van der Waals surface area contributed by atoms with Gasteiger partial charge in [0.25, 0.3) is 0 Å². The smallest absolute Gasteiger partial charge is 0.220 e. The minimum Gasteiger partial charge on any atom is -0.355 e. The van der Waals surface area contributed by atoms with Crippen LogP contribution in [0.5, 0.6) is 0 Å². The number of hydrogen-bond acceptors (Lipinski definition) is 3. The topological polar surface area (TPSA) is 44.4 Å². The van der Waals surface area contributed by atoms with Crippen LogP contribution in [0.3, 0.4) is 0 Å². The highest BCUT2D eigenvalue weighted by molar-refractivity contribution is 5.76. The van der Waals surface area contributed by atoms with E-state index in [-0.39, 0.29) is 17.0 Å². The third-order valence-electron chi connectivity index (χ3n) is 5.21. The molecule has 0 aliphatic carbocycles. The van der Waals surface area contributed by atoms with Crippen LogP contribution < -0.4 is 10.6 Å². The van der Waals surface area contributed by atoms with Crippen molar-refractivity contribution >= 4 is 5.91 Å². The largest absolute Gasteiger partial charge is 0.355 e. The summed E-state index contributed by atoms with van der Waals surface area (Å²) in [5, 5.41) is 6.87. The van der Waals surface area contributed by atoms with E-state index in [4.69, 9.17) is 0 Å². The Labute approximate surface area is 136 Å². The van der Waals surface area contributed by atoms with E-state index >= 15 is 0 Å². The molecule has 0 saturated carbocycles. The van der Waals surface area contributed by atoms with Gasteiger partial charge in [-0.05, 0) is 72.9 Å². The summed E-state index contributed by atoms with van der Waals surface area (Å²) in [5.74, 6) is 0.716. The van der Waals surface area contributed by atoms with E-state index in [1.807, 2.05) is 0 Å². The number of likely N-dealkylation sites (N-methyl/N-ethyl adjacent to an activating group) is 1. The van der Waals surface area contributed by atoms with E-state index in [0.29, 0.717) is 18.4 Å². The number of amides is 1. The highest BCUT2D eigenvalue weighted by atomic mass is 16.1. The molecule has 2 aliphatic rings. The van der Waals surface area contributed by atoms with Crippen molar-refractivity contribution in [3.8, 4) is 0 Å². The monoisotopic (exact) mass is 309 g/mol. The molecule has 0 radical (unpaired) electrons. The maximum atomic E-state index is 12.3. The van der Waals surface area contributed by atoms with Crippen LogP contribution in [-0.2, 0) is 4.79 Å². The molecule has 1 unspecified atom stereocenters. The summed E-state index contributed by atoms with van der Waals surface area (Å²) < 4.78 is 0. The summed E-state index contributed by atoms with van der Waals surface area (Å²) in [4.78, 5) is 14.7. The Bertz CT molecular complexity index is 376. The maximum Gasteiger partial charge on any atom is 0.220 e. The fourth-order valence-corrected chi connectivity index (χ4v) is 4.65. The van der Waals surface area contributed by atoms with Crippen LogP contribution in [0.4, 0.5) is 0 Å². The van der Waals surface area contributed by atoms with Gasteiger partial charge in [0.15, 0.2) is 0 Å². The standard InChI is InChI=1S/C18H35N3O/c1-17(2)11-14(12-18(3,4)20-17)10-16(22)19-13-15-8-6-7-9-21(15)5/h14-15,20H,6-13H2,1-5H3,(H,19,22). The van der Waals surface area contributed by atoms with Crippen molar-refractivity contribution < 1.29 is 4.79 Å². The first-order valence-corrected chi connectivity index (χ1v) is 8.93. The molecular weight excluding hydrogens is 274 g/mol. The number of carbonyl (C=O) groups excluding carboxylic acids is 1. The molecule has 22 heavy (non-hydrogen) atoms. The molecule has 2 N–H and O–H groups in total. The number of carbonyl (C=O) groups is 1. The molecule has 128 valence electrons. The first-order valence-electron chi connectivity index (χ1n) is 8.93. The first kappa shape index (κ1) is 17.7. The van der Waals surface area contributed by atoms with Gasteiger partial charge in [-0.1, -0.05) is 6.42 Å². The average molecular weight is 309 g/mol. The van der Waals surface area contributed by atoms with Crippen LogP contribution in [-0.4, -0.2) is 48.1 Å². The zero-order valence-corrected chi connectivity index (χ0v) is 15.2. The first-order chi connectivity index (χ1) is 10.2. The van der Waals surface area contributed by atoms with Crippen molar-refractivity contribution in [3.63, 3.8) is 0 Å². The van der Waals surface area contributed by atoms with Crippen molar-refractivity contribution in [3.05, 3.63) is 0 Å². The molecule has 0 aromatic carbocycles. The molecule has 0 aromatic rings. The maximum absolute atomic E-state index is 12.3.